The van der Waals surface area contributed by atoms with Gasteiger partial charge in [0.2, 0.25) is 5.88 Å². The summed E-state index contributed by atoms with van der Waals surface area (Å²) in [5, 5.41) is 3.34. The van der Waals surface area contributed by atoms with Crippen LogP contribution < -0.4 is 10.1 Å². The number of ketones is 1. The summed E-state index contributed by atoms with van der Waals surface area (Å²) in [5.41, 5.74) is 9.34. The Morgan fingerprint density at radius 1 is 1.15 bits per heavy atom. The number of nitrogens with zero attached hydrogens (tertiary/aromatic N) is 2. The van der Waals surface area contributed by atoms with Gasteiger partial charge in [-0.15, -0.1) is 0 Å². The van der Waals surface area contributed by atoms with E-state index in [0.717, 1.165) is 51.1 Å². The quantitative estimate of drug-likeness (QED) is 0.578. The van der Waals surface area contributed by atoms with Crippen molar-refractivity contribution < 1.29 is 13.9 Å². The van der Waals surface area contributed by atoms with Crippen LogP contribution in [0, 0.1) is 19.7 Å². The number of Topliss-reactive ketones (excluding diaryl/α,β-unsaturated/α-hetero) is 1. The monoisotopic (exact) mass is 439 g/mol. The molecule has 0 unspecified atom stereocenters. The third-order valence-electron chi connectivity index (χ3n) is 6.79. The number of fused-ring (bicyclic) bond motifs is 3. The molecular weight excluding hydrogens is 417 g/mol. The molecule has 0 amide bonds. The second kappa shape index (κ2) is 7.37. The first-order valence-corrected chi connectivity index (χ1v) is 11.1. The highest BCUT2D eigenvalue weighted by Crippen LogP contribution is 2.43. The maximum atomic E-state index is 15.3. The normalized spacial score (nSPS) is 17.2. The van der Waals surface area contributed by atoms with Gasteiger partial charge >= 0.3 is 0 Å². The van der Waals surface area contributed by atoms with Crippen molar-refractivity contribution in [1.82, 2.24) is 9.97 Å². The number of allylic oxidation sites excluding steroid dienone is 3. The number of carbonyl (C=O) groups excluding carboxylic acids is 1. The number of nitrogens with one attached hydrogen (secondary N) is 1. The number of aromatic nitrogens is 2. The third kappa shape index (κ3) is 3.09. The van der Waals surface area contributed by atoms with Gasteiger partial charge in [0.15, 0.2) is 5.78 Å². The van der Waals surface area contributed by atoms with Crippen LogP contribution in [-0.2, 0) is 17.6 Å². The molecular formula is C27H22FN3O2. The minimum atomic E-state index is -0.350. The molecule has 1 N–H and O–H groups in total. The standard InChI is InChI=1S/C27H22FN3O2/c1-14-19(22-13-31-27-26(15(22)2)30-5-6-33-27)10-23(28)20-11-24(32)21(25(14)20)9-16-7-17-3-4-29-12-18(17)8-16/h3-4,7,9-10,12-13,30H,5-6,8,11H2,1-2H3/b21-9+. The zero-order valence-electron chi connectivity index (χ0n) is 18.5. The van der Waals surface area contributed by atoms with E-state index >= 15 is 4.39 Å². The smallest absolute Gasteiger partial charge is 0.237 e. The molecule has 0 radical (unpaired) electrons. The van der Waals surface area contributed by atoms with E-state index in [1.54, 1.807) is 18.5 Å². The zero-order chi connectivity index (χ0) is 22.7. The first kappa shape index (κ1) is 19.9. The van der Waals surface area contributed by atoms with Crippen LogP contribution in [-0.4, -0.2) is 28.9 Å². The van der Waals surface area contributed by atoms with Crippen LogP contribution in [0.5, 0.6) is 5.88 Å². The summed E-state index contributed by atoms with van der Waals surface area (Å²) >= 11 is 0. The number of carbonyl (C=O) groups is 1. The number of rotatable bonds is 2. The van der Waals surface area contributed by atoms with Crippen LogP contribution in [0.3, 0.4) is 0 Å². The van der Waals surface area contributed by atoms with E-state index < -0.39 is 0 Å². The van der Waals surface area contributed by atoms with Crippen LogP contribution in [0.15, 0.2) is 42.4 Å². The molecule has 0 fully saturated rings. The van der Waals surface area contributed by atoms with E-state index in [4.69, 9.17) is 4.74 Å². The Morgan fingerprint density at radius 3 is 2.88 bits per heavy atom. The molecule has 0 spiro atoms. The summed E-state index contributed by atoms with van der Waals surface area (Å²) in [4.78, 5) is 21.6. The Bertz CT molecular complexity index is 1420. The summed E-state index contributed by atoms with van der Waals surface area (Å²) in [7, 11) is 0. The minimum Gasteiger partial charge on any atom is -0.474 e. The van der Waals surface area contributed by atoms with E-state index in [2.05, 4.69) is 21.4 Å². The van der Waals surface area contributed by atoms with E-state index in [-0.39, 0.29) is 18.0 Å². The summed E-state index contributed by atoms with van der Waals surface area (Å²) in [5.74, 6) is 0.172. The van der Waals surface area contributed by atoms with Crippen molar-refractivity contribution in [2.75, 3.05) is 18.5 Å². The number of ether oxygens (including phenoxy) is 1. The number of pyridine rings is 2. The number of halogens is 1. The highest BCUT2D eigenvalue weighted by Gasteiger charge is 2.32. The van der Waals surface area contributed by atoms with Gasteiger partial charge in [0.25, 0.3) is 0 Å². The van der Waals surface area contributed by atoms with Gasteiger partial charge in [-0.25, -0.2) is 9.37 Å². The highest BCUT2D eigenvalue weighted by molar-refractivity contribution is 6.26. The summed E-state index contributed by atoms with van der Waals surface area (Å²) in [6.07, 6.45) is 10.2. The second-order valence-corrected chi connectivity index (χ2v) is 8.77. The second-order valence-electron chi connectivity index (χ2n) is 8.77. The molecule has 3 aliphatic rings. The largest absolute Gasteiger partial charge is 0.474 e. The molecule has 1 aliphatic heterocycles. The third-order valence-corrected chi connectivity index (χ3v) is 6.79. The Balaban J connectivity index is 1.49. The SMILES string of the molecule is Cc1c(-c2cc(F)c3c(c2C)/C(=C/C2=Cc4ccncc4C2)C(=O)C3)cnc2c1NCCO2. The average Bonchev–Trinajstić information content (AvgIpc) is 3.38. The fraction of sp³-hybridized carbons (Fsp3) is 0.222. The topological polar surface area (TPSA) is 64.1 Å². The van der Waals surface area contributed by atoms with Crippen LogP contribution in [0.2, 0.25) is 0 Å². The van der Waals surface area contributed by atoms with Crippen LogP contribution in [0.25, 0.3) is 22.8 Å². The van der Waals surface area contributed by atoms with Crippen molar-refractivity contribution in [1.29, 1.82) is 0 Å². The number of benzene rings is 1. The summed E-state index contributed by atoms with van der Waals surface area (Å²) in [6, 6.07) is 3.51. The Labute approximate surface area is 191 Å². The lowest BCUT2D eigenvalue weighted by Gasteiger charge is -2.22. The summed E-state index contributed by atoms with van der Waals surface area (Å²) < 4.78 is 20.9. The van der Waals surface area contributed by atoms with Gasteiger partial charge in [-0.1, -0.05) is 6.08 Å². The molecule has 0 saturated heterocycles. The molecule has 6 rings (SSSR count). The summed E-state index contributed by atoms with van der Waals surface area (Å²) in [6.45, 7) is 5.21. The molecule has 164 valence electrons. The number of hydrogen-bond acceptors (Lipinski definition) is 5. The Morgan fingerprint density at radius 2 is 2.03 bits per heavy atom. The van der Waals surface area contributed by atoms with E-state index in [1.165, 1.54) is 0 Å². The van der Waals surface area contributed by atoms with Crippen molar-refractivity contribution in [3.63, 3.8) is 0 Å². The molecule has 0 atom stereocenters. The van der Waals surface area contributed by atoms with Crippen molar-refractivity contribution in [2.24, 2.45) is 0 Å². The van der Waals surface area contributed by atoms with Gasteiger partial charge in [0.1, 0.15) is 18.1 Å². The molecule has 3 heterocycles. The average molecular weight is 439 g/mol. The zero-order valence-corrected chi connectivity index (χ0v) is 18.5. The van der Waals surface area contributed by atoms with Crippen LogP contribution in [0.1, 0.15) is 33.4 Å². The molecule has 2 aromatic heterocycles. The van der Waals surface area contributed by atoms with Gasteiger partial charge in [-0.2, -0.15) is 0 Å². The van der Waals surface area contributed by atoms with Crippen molar-refractivity contribution >= 4 is 23.1 Å². The van der Waals surface area contributed by atoms with Gasteiger partial charge < -0.3 is 10.1 Å². The van der Waals surface area contributed by atoms with Crippen molar-refractivity contribution in [2.45, 2.75) is 26.7 Å². The maximum Gasteiger partial charge on any atom is 0.237 e. The molecule has 6 heteroatoms. The highest BCUT2D eigenvalue weighted by atomic mass is 19.1. The molecule has 3 aromatic rings. The maximum absolute atomic E-state index is 15.3. The molecule has 33 heavy (non-hydrogen) atoms. The Hall–Kier alpha value is -3.80. The fourth-order valence-electron chi connectivity index (χ4n) is 5.14. The molecule has 5 nitrogen and oxygen atoms in total. The molecule has 2 aliphatic carbocycles. The lowest BCUT2D eigenvalue weighted by atomic mass is 9.90. The van der Waals surface area contributed by atoms with Crippen molar-refractivity contribution in [3.05, 3.63) is 81.6 Å². The van der Waals surface area contributed by atoms with Crippen LogP contribution in [0.4, 0.5) is 10.1 Å². The van der Waals surface area contributed by atoms with Crippen molar-refractivity contribution in [3.8, 4) is 17.0 Å². The first-order chi connectivity index (χ1) is 16.0. The fourth-order valence-corrected chi connectivity index (χ4v) is 5.14. The van der Waals surface area contributed by atoms with Gasteiger partial charge in [0, 0.05) is 48.3 Å². The van der Waals surface area contributed by atoms with Gasteiger partial charge in [-0.05, 0) is 77.4 Å². The van der Waals surface area contributed by atoms with E-state index in [0.29, 0.717) is 35.7 Å². The molecule has 0 bridgehead atoms. The van der Waals surface area contributed by atoms with Gasteiger partial charge in [-0.3, -0.25) is 9.78 Å². The van der Waals surface area contributed by atoms with E-state index in [9.17, 15) is 4.79 Å². The number of hydrogen-bond donors (Lipinski definition) is 1. The lowest BCUT2D eigenvalue weighted by Crippen LogP contribution is -2.20. The van der Waals surface area contributed by atoms with Crippen LogP contribution >= 0.6 is 0 Å². The molecule has 1 aromatic carbocycles. The predicted molar refractivity (Wildman–Crippen MR) is 126 cm³/mol. The lowest BCUT2D eigenvalue weighted by molar-refractivity contribution is -0.112. The predicted octanol–water partition coefficient (Wildman–Crippen LogP) is 4.85. The number of anilines is 1. The molecule has 0 saturated carbocycles. The Kier molecular flexibility index (Phi) is 4.43. The minimum absolute atomic E-state index is 0.0468. The van der Waals surface area contributed by atoms with E-state index in [1.807, 2.05) is 32.2 Å². The van der Waals surface area contributed by atoms with Gasteiger partial charge in [0.05, 0.1) is 0 Å². The first-order valence-electron chi connectivity index (χ1n) is 11.1.